The number of alkyl halides is 1. The van der Waals surface area contributed by atoms with Gasteiger partial charge in [0, 0.05) is 6.61 Å². The summed E-state index contributed by atoms with van der Waals surface area (Å²) in [5, 5.41) is 0.292. The highest BCUT2D eigenvalue weighted by Gasteiger charge is 2.15. The fourth-order valence-electron chi connectivity index (χ4n) is 2.75. The SMILES string of the molecule is ClC1C=C(CCCC2CCCO2)CCCC1. The summed E-state index contributed by atoms with van der Waals surface area (Å²) in [5.74, 6) is 0. The van der Waals surface area contributed by atoms with Gasteiger partial charge in [0.15, 0.2) is 0 Å². The molecule has 92 valence electrons. The van der Waals surface area contributed by atoms with Gasteiger partial charge in [-0.15, -0.1) is 11.6 Å². The molecule has 1 fully saturated rings. The maximum Gasteiger partial charge on any atom is 0.0576 e. The zero-order chi connectivity index (χ0) is 11.2. The number of ether oxygens (including phenoxy) is 1. The molecular formula is C14H23ClO. The van der Waals surface area contributed by atoms with E-state index in [0.717, 1.165) is 13.0 Å². The van der Waals surface area contributed by atoms with Crippen molar-refractivity contribution in [3.8, 4) is 0 Å². The molecule has 16 heavy (non-hydrogen) atoms. The van der Waals surface area contributed by atoms with Crippen molar-refractivity contribution >= 4 is 11.6 Å². The van der Waals surface area contributed by atoms with Crippen molar-refractivity contribution in [1.29, 1.82) is 0 Å². The summed E-state index contributed by atoms with van der Waals surface area (Å²) in [5.41, 5.74) is 1.59. The molecule has 1 aliphatic heterocycles. The van der Waals surface area contributed by atoms with Crippen molar-refractivity contribution in [2.75, 3.05) is 6.61 Å². The van der Waals surface area contributed by atoms with Crippen molar-refractivity contribution in [2.45, 2.75) is 69.3 Å². The first-order valence-electron chi connectivity index (χ1n) is 6.80. The van der Waals surface area contributed by atoms with Gasteiger partial charge in [-0.2, -0.15) is 0 Å². The Morgan fingerprint density at radius 3 is 3.00 bits per heavy atom. The van der Waals surface area contributed by atoms with Gasteiger partial charge in [0.25, 0.3) is 0 Å². The van der Waals surface area contributed by atoms with Gasteiger partial charge in [0.2, 0.25) is 0 Å². The topological polar surface area (TPSA) is 9.23 Å². The first kappa shape index (κ1) is 12.4. The summed E-state index contributed by atoms with van der Waals surface area (Å²) in [6.07, 6.45) is 14.2. The smallest absolute Gasteiger partial charge is 0.0576 e. The van der Waals surface area contributed by atoms with E-state index in [9.17, 15) is 0 Å². The largest absolute Gasteiger partial charge is 0.378 e. The molecule has 0 bridgehead atoms. The van der Waals surface area contributed by atoms with Gasteiger partial charge in [-0.25, -0.2) is 0 Å². The van der Waals surface area contributed by atoms with Gasteiger partial charge in [-0.05, 0) is 51.4 Å². The average molecular weight is 243 g/mol. The Morgan fingerprint density at radius 1 is 1.25 bits per heavy atom. The third kappa shape index (κ3) is 4.10. The lowest BCUT2D eigenvalue weighted by molar-refractivity contribution is 0.102. The average Bonchev–Trinajstić information content (AvgIpc) is 2.69. The standard InChI is InChI=1S/C14H23ClO/c15-13-7-2-1-5-12(11-13)6-3-8-14-9-4-10-16-14/h11,13-14H,1-10H2. The molecule has 0 aromatic carbocycles. The van der Waals surface area contributed by atoms with Gasteiger partial charge in [0.1, 0.15) is 0 Å². The Bertz CT molecular complexity index is 231. The molecule has 0 saturated carbocycles. The molecule has 0 aromatic heterocycles. The first-order valence-corrected chi connectivity index (χ1v) is 7.23. The van der Waals surface area contributed by atoms with E-state index in [1.807, 2.05) is 0 Å². The molecule has 0 N–H and O–H groups in total. The van der Waals surface area contributed by atoms with E-state index < -0.39 is 0 Å². The van der Waals surface area contributed by atoms with E-state index in [0.29, 0.717) is 11.5 Å². The Balaban J connectivity index is 1.67. The van der Waals surface area contributed by atoms with E-state index in [1.54, 1.807) is 5.57 Å². The van der Waals surface area contributed by atoms with E-state index in [4.69, 9.17) is 16.3 Å². The molecule has 0 radical (unpaired) electrons. The molecule has 0 spiro atoms. The van der Waals surface area contributed by atoms with Crippen LogP contribution in [0.1, 0.15) is 57.8 Å². The summed E-state index contributed by atoms with van der Waals surface area (Å²) in [6, 6.07) is 0. The highest BCUT2D eigenvalue weighted by atomic mass is 35.5. The third-order valence-electron chi connectivity index (χ3n) is 3.69. The van der Waals surface area contributed by atoms with Crippen LogP contribution in [0.5, 0.6) is 0 Å². The predicted octanol–water partition coefficient (Wildman–Crippen LogP) is 4.44. The molecule has 2 heteroatoms. The van der Waals surface area contributed by atoms with Gasteiger partial charge >= 0.3 is 0 Å². The zero-order valence-electron chi connectivity index (χ0n) is 10.1. The normalized spacial score (nSPS) is 31.2. The van der Waals surface area contributed by atoms with Gasteiger partial charge in [-0.3, -0.25) is 0 Å². The lowest BCUT2D eigenvalue weighted by Gasteiger charge is -2.10. The molecule has 0 aromatic rings. The van der Waals surface area contributed by atoms with Crippen molar-refractivity contribution in [3.05, 3.63) is 11.6 Å². The number of rotatable bonds is 4. The van der Waals surface area contributed by atoms with Crippen LogP contribution in [0, 0.1) is 0 Å². The second-order valence-electron chi connectivity index (χ2n) is 5.11. The van der Waals surface area contributed by atoms with Crippen LogP contribution < -0.4 is 0 Å². The number of hydrogen-bond acceptors (Lipinski definition) is 1. The monoisotopic (exact) mass is 242 g/mol. The molecular weight excluding hydrogens is 220 g/mol. The van der Waals surface area contributed by atoms with Crippen LogP contribution in [-0.4, -0.2) is 18.1 Å². The number of hydrogen-bond donors (Lipinski definition) is 0. The fourth-order valence-corrected chi connectivity index (χ4v) is 3.08. The number of allylic oxidation sites excluding steroid dienone is 2. The number of halogens is 1. The van der Waals surface area contributed by atoms with Gasteiger partial charge in [-0.1, -0.05) is 18.1 Å². The summed E-state index contributed by atoms with van der Waals surface area (Å²) in [6.45, 7) is 0.983. The molecule has 1 nitrogen and oxygen atoms in total. The lowest BCUT2D eigenvalue weighted by atomic mass is 10.0. The van der Waals surface area contributed by atoms with Crippen LogP contribution in [0.25, 0.3) is 0 Å². The third-order valence-corrected chi connectivity index (χ3v) is 4.04. The minimum Gasteiger partial charge on any atom is -0.378 e. The van der Waals surface area contributed by atoms with E-state index >= 15 is 0 Å². The second-order valence-corrected chi connectivity index (χ2v) is 5.67. The second kappa shape index (κ2) is 6.66. The molecule has 2 unspecified atom stereocenters. The van der Waals surface area contributed by atoms with Crippen LogP contribution in [0.15, 0.2) is 11.6 Å². The van der Waals surface area contributed by atoms with Gasteiger partial charge < -0.3 is 4.74 Å². The van der Waals surface area contributed by atoms with Crippen LogP contribution in [-0.2, 0) is 4.74 Å². The molecule has 0 amide bonds. The predicted molar refractivity (Wildman–Crippen MR) is 69.0 cm³/mol. The van der Waals surface area contributed by atoms with Gasteiger partial charge in [0.05, 0.1) is 11.5 Å². The highest BCUT2D eigenvalue weighted by Crippen LogP contribution is 2.26. The first-order chi connectivity index (χ1) is 7.84. The van der Waals surface area contributed by atoms with Crippen LogP contribution >= 0.6 is 11.6 Å². The van der Waals surface area contributed by atoms with Crippen molar-refractivity contribution in [1.82, 2.24) is 0 Å². The molecule has 1 heterocycles. The minimum absolute atomic E-state index is 0.292. The van der Waals surface area contributed by atoms with Crippen LogP contribution in [0.3, 0.4) is 0 Å². The van der Waals surface area contributed by atoms with Crippen molar-refractivity contribution in [3.63, 3.8) is 0 Å². The van der Waals surface area contributed by atoms with Crippen molar-refractivity contribution < 1.29 is 4.74 Å². The Labute approximate surface area is 104 Å². The van der Waals surface area contributed by atoms with E-state index in [2.05, 4.69) is 6.08 Å². The maximum absolute atomic E-state index is 6.22. The quantitative estimate of drug-likeness (QED) is 0.523. The zero-order valence-corrected chi connectivity index (χ0v) is 10.8. The van der Waals surface area contributed by atoms with Crippen LogP contribution in [0.2, 0.25) is 0 Å². The fraction of sp³-hybridized carbons (Fsp3) is 0.857. The van der Waals surface area contributed by atoms with E-state index in [-0.39, 0.29) is 0 Å². The summed E-state index contributed by atoms with van der Waals surface area (Å²) in [7, 11) is 0. The van der Waals surface area contributed by atoms with Crippen LogP contribution in [0.4, 0.5) is 0 Å². The molecule has 1 aliphatic carbocycles. The van der Waals surface area contributed by atoms with E-state index in [1.165, 1.54) is 51.4 Å². The molecule has 2 rings (SSSR count). The minimum atomic E-state index is 0.292. The molecule has 2 atom stereocenters. The summed E-state index contributed by atoms with van der Waals surface area (Å²) >= 11 is 6.22. The lowest BCUT2D eigenvalue weighted by Crippen LogP contribution is -2.04. The Hall–Kier alpha value is -0.0100. The Kier molecular flexibility index (Phi) is 5.18. The highest BCUT2D eigenvalue weighted by molar-refractivity contribution is 6.21. The maximum atomic E-state index is 6.22. The summed E-state index contributed by atoms with van der Waals surface area (Å²) in [4.78, 5) is 0. The summed E-state index contributed by atoms with van der Waals surface area (Å²) < 4.78 is 5.64. The van der Waals surface area contributed by atoms with Crippen molar-refractivity contribution in [2.24, 2.45) is 0 Å². The molecule has 1 saturated heterocycles. The molecule has 2 aliphatic rings. The Morgan fingerprint density at radius 2 is 2.19 bits per heavy atom.